The van der Waals surface area contributed by atoms with Crippen molar-refractivity contribution >= 4 is 11.6 Å². The van der Waals surface area contributed by atoms with Gasteiger partial charge in [-0.05, 0) is 49.9 Å². The van der Waals surface area contributed by atoms with Gasteiger partial charge < -0.3 is 10.5 Å². The molecule has 3 heteroatoms. The molecule has 0 bridgehead atoms. The fraction of sp³-hybridized carbons (Fsp3) is 0.467. The van der Waals surface area contributed by atoms with Gasteiger partial charge in [0.1, 0.15) is 12.4 Å². The predicted molar refractivity (Wildman–Crippen MR) is 76.1 cm³/mol. The molecule has 1 aromatic rings. The molecule has 2 N–H and O–H groups in total. The Kier molecular flexibility index (Phi) is 5.09. The number of rotatable bonds is 4. The molecule has 1 aliphatic carbocycles. The first-order chi connectivity index (χ1) is 8.75. The summed E-state index contributed by atoms with van der Waals surface area (Å²) in [5.74, 6) is 0.823. The van der Waals surface area contributed by atoms with E-state index < -0.39 is 0 Å². The SMILES string of the molecule is NC(COc1ccc(Cl)cc1)C1=CCCCCC1. The molecule has 2 nitrogen and oxygen atoms in total. The van der Waals surface area contributed by atoms with Gasteiger partial charge in [-0.2, -0.15) is 0 Å². The van der Waals surface area contributed by atoms with Gasteiger partial charge in [0, 0.05) is 5.02 Å². The highest BCUT2D eigenvalue weighted by Crippen LogP contribution is 2.20. The van der Waals surface area contributed by atoms with E-state index in [4.69, 9.17) is 22.1 Å². The van der Waals surface area contributed by atoms with Gasteiger partial charge in [-0.3, -0.25) is 0 Å². The van der Waals surface area contributed by atoms with Crippen LogP contribution >= 0.6 is 11.6 Å². The summed E-state index contributed by atoms with van der Waals surface area (Å²) in [7, 11) is 0. The lowest BCUT2D eigenvalue weighted by Crippen LogP contribution is -2.30. The van der Waals surface area contributed by atoms with E-state index in [0.717, 1.165) is 23.6 Å². The molecule has 0 aliphatic heterocycles. The lowest BCUT2D eigenvalue weighted by atomic mass is 10.0. The fourth-order valence-electron chi connectivity index (χ4n) is 2.20. The van der Waals surface area contributed by atoms with E-state index in [-0.39, 0.29) is 6.04 Å². The maximum Gasteiger partial charge on any atom is 0.119 e. The molecule has 0 aromatic heterocycles. The van der Waals surface area contributed by atoms with E-state index in [1.807, 2.05) is 24.3 Å². The normalized spacial score (nSPS) is 17.8. The standard InChI is InChI=1S/C15H20ClNO/c16-13-7-9-14(10-8-13)18-11-15(17)12-5-3-1-2-4-6-12/h5,7-10,15H,1-4,6,11,17H2. The molecular formula is C15H20ClNO. The molecule has 2 rings (SSSR count). The molecule has 0 fully saturated rings. The third kappa shape index (κ3) is 4.04. The first kappa shape index (κ1) is 13.4. The second-order valence-electron chi connectivity index (χ2n) is 4.75. The number of allylic oxidation sites excluding steroid dienone is 1. The van der Waals surface area contributed by atoms with Gasteiger partial charge in [0.2, 0.25) is 0 Å². The Morgan fingerprint density at radius 1 is 1.17 bits per heavy atom. The summed E-state index contributed by atoms with van der Waals surface area (Å²) in [6.07, 6.45) is 8.41. The molecule has 0 spiro atoms. The minimum atomic E-state index is 0.0128. The highest BCUT2D eigenvalue weighted by Gasteiger charge is 2.12. The lowest BCUT2D eigenvalue weighted by Gasteiger charge is -2.16. The number of benzene rings is 1. The number of nitrogens with two attached hydrogens (primary N) is 1. The summed E-state index contributed by atoms with van der Waals surface area (Å²) in [5, 5.41) is 0.720. The third-order valence-electron chi connectivity index (χ3n) is 3.30. The maximum atomic E-state index is 6.18. The largest absolute Gasteiger partial charge is 0.492 e. The number of hydrogen-bond acceptors (Lipinski definition) is 2. The van der Waals surface area contributed by atoms with Crippen molar-refractivity contribution in [3.05, 3.63) is 40.9 Å². The Bertz CT molecular complexity index is 399. The van der Waals surface area contributed by atoms with Crippen LogP contribution in [0.3, 0.4) is 0 Å². The van der Waals surface area contributed by atoms with E-state index in [1.165, 1.54) is 24.8 Å². The average molecular weight is 266 g/mol. The molecule has 1 unspecified atom stereocenters. The predicted octanol–water partition coefficient (Wildman–Crippen LogP) is 3.94. The quantitative estimate of drug-likeness (QED) is 0.837. The second kappa shape index (κ2) is 6.81. The van der Waals surface area contributed by atoms with Crippen LogP contribution in [-0.2, 0) is 0 Å². The second-order valence-corrected chi connectivity index (χ2v) is 5.19. The number of halogens is 1. The lowest BCUT2D eigenvalue weighted by molar-refractivity contribution is 0.300. The zero-order valence-corrected chi connectivity index (χ0v) is 11.3. The monoisotopic (exact) mass is 265 g/mol. The molecule has 0 amide bonds. The summed E-state index contributed by atoms with van der Waals surface area (Å²) in [6.45, 7) is 0.535. The van der Waals surface area contributed by atoms with Crippen LogP contribution < -0.4 is 10.5 Å². The smallest absolute Gasteiger partial charge is 0.119 e. The molecule has 0 saturated heterocycles. The zero-order valence-electron chi connectivity index (χ0n) is 10.6. The molecule has 1 atom stereocenters. The third-order valence-corrected chi connectivity index (χ3v) is 3.55. The van der Waals surface area contributed by atoms with Gasteiger partial charge in [-0.25, -0.2) is 0 Å². The highest BCUT2D eigenvalue weighted by molar-refractivity contribution is 6.30. The Labute approximate surface area is 114 Å². The van der Waals surface area contributed by atoms with Crippen LogP contribution in [0.4, 0.5) is 0 Å². The van der Waals surface area contributed by atoms with Crippen LogP contribution in [0.2, 0.25) is 5.02 Å². The molecule has 1 aliphatic rings. The van der Waals surface area contributed by atoms with Crippen LogP contribution in [-0.4, -0.2) is 12.6 Å². The number of hydrogen-bond donors (Lipinski definition) is 1. The summed E-state index contributed by atoms with van der Waals surface area (Å²) in [5.41, 5.74) is 7.52. The molecule has 98 valence electrons. The first-order valence-corrected chi connectivity index (χ1v) is 6.96. The van der Waals surface area contributed by atoms with E-state index >= 15 is 0 Å². The van der Waals surface area contributed by atoms with Crippen molar-refractivity contribution in [1.82, 2.24) is 0 Å². The van der Waals surface area contributed by atoms with Gasteiger partial charge in [0.15, 0.2) is 0 Å². The maximum absolute atomic E-state index is 6.18. The van der Waals surface area contributed by atoms with Crippen molar-refractivity contribution in [3.8, 4) is 5.75 Å². The van der Waals surface area contributed by atoms with Crippen molar-refractivity contribution in [2.24, 2.45) is 5.73 Å². The van der Waals surface area contributed by atoms with Gasteiger partial charge in [0.05, 0.1) is 6.04 Å². The van der Waals surface area contributed by atoms with Crippen LogP contribution in [0.1, 0.15) is 32.1 Å². The topological polar surface area (TPSA) is 35.2 Å². The first-order valence-electron chi connectivity index (χ1n) is 6.58. The molecule has 0 saturated carbocycles. The Morgan fingerprint density at radius 3 is 2.72 bits per heavy atom. The Hall–Kier alpha value is -0.990. The van der Waals surface area contributed by atoms with E-state index in [0.29, 0.717) is 6.61 Å². The van der Waals surface area contributed by atoms with Crippen molar-refractivity contribution in [1.29, 1.82) is 0 Å². The minimum absolute atomic E-state index is 0.0128. The van der Waals surface area contributed by atoms with E-state index in [9.17, 15) is 0 Å². The Balaban J connectivity index is 1.85. The molecule has 18 heavy (non-hydrogen) atoms. The molecule has 0 heterocycles. The zero-order chi connectivity index (χ0) is 12.8. The Morgan fingerprint density at radius 2 is 1.94 bits per heavy atom. The summed E-state index contributed by atoms with van der Waals surface area (Å²) in [4.78, 5) is 0. The molecular weight excluding hydrogens is 246 g/mol. The van der Waals surface area contributed by atoms with Crippen LogP contribution in [0.15, 0.2) is 35.9 Å². The van der Waals surface area contributed by atoms with Gasteiger partial charge in [0.25, 0.3) is 0 Å². The highest BCUT2D eigenvalue weighted by atomic mass is 35.5. The summed E-state index contributed by atoms with van der Waals surface area (Å²) in [6, 6.07) is 7.41. The van der Waals surface area contributed by atoms with E-state index in [1.54, 1.807) is 0 Å². The van der Waals surface area contributed by atoms with Gasteiger partial charge >= 0.3 is 0 Å². The summed E-state index contributed by atoms with van der Waals surface area (Å²) >= 11 is 5.82. The minimum Gasteiger partial charge on any atom is -0.492 e. The molecule has 1 aromatic carbocycles. The van der Waals surface area contributed by atoms with Crippen LogP contribution in [0.25, 0.3) is 0 Å². The summed E-state index contributed by atoms with van der Waals surface area (Å²) < 4.78 is 5.69. The van der Waals surface area contributed by atoms with Crippen molar-refractivity contribution < 1.29 is 4.74 Å². The van der Waals surface area contributed by atoms with E-state index in [2.05, 4.69) is 6.08 Å². The molecule has 0 radical (unpaired) electrons. The fourth-order valence-corrected chi connectivity index (χ4v) is 2.33. The average Bonchev–Trinajstić information content (AvgIpc) is 2.66. The number of ether oxygens (including phenoxy) is 1. The van der Waals surface area contributed by atoms with Crippen LogP contribution in [0, 0.1) is 0 Å². The van der Waals surface area contributed by atoms with Crippen molar-refractivity contribution in [2.75, 3.05) is 6.61 Å². The van der Waals surface area contributed by atoms with Crippen LogP contribution in [0.5, 0.6) is 5.75 Å². The van der Waals surface area contributed by atoms with Crippen molar-refractivity contribution in [3.63, 3.8) is 0 Å². The van der Waals surface area contributed by atoms with Gasteiger partial charge in [-0.1, -0.05) is 29.7 Å². The van der Waals surface area contributed by atoms with Crippen molar-refractivity contribution in [2.45, 2.75) is 38.1 Å². The van der Waals surface area contributed by atoms with Gasteiger partial charge in [-0.15, -0.1) is 0 Å².